The molecule has 3 rings (SSSR count). The van der Waals surface area contributed by atoms with Crippen LogP contribution in [0.25, 0.3) is 0 Å². The predicted molar refractivity (Wildman–Crippen MR) is 88.7 cm³/mol. The van der Waals surface area contributed by atoms with Crippen molar-refractivity contribution in [3.63, 3.8) is 0 Å². The number of hydrogen-bond donors (Lipinski definition) is 1. The van der Waals surface area contributed by atoms with E-state index in [0.717, 1.165) is 5.56 Å². The van der Waals surface area contributed by atoms with Crippen molar-refractivity contribution in [2.75, 3.05) is 10.8 Å². The Labute approximate surface area is 136 Å². The monoisotopic (exact) mass is 330 g/mol. The van der Waals surface area contributed by atoms with E-state index in [2.05, 4.69) is 5.32 Å². The van der Waals surface area contributed by atoms with Crippen LogP contribution in [0.2, 0.25) is 0 Å². The first-order chi connectivity index (χ1) is 11.1. The molecule has 0 aliphatic carbocycles. The Balaban J connectivity index is 2.10. The van der Waals surface area contributed by atoms with Crippen LogP contribution >= 0.6 is 0 Å². The van der Waals surface area contributed by atoms with Crippen molar-refractivity contribution < 1.29 is 13.2 Å². The van der Waals surface area contributed by atoms with Crippen molar-refractivity contribution in [2.24, 2.45) is 0 Å². The number of nitrogens with zero attached hydrogens (tertiary/aromatic N) is 1. The van der Waals surface area contributed by atoms with Crippen LogP contribution in [-0.4, -0.2) is 26.9 Å². The summed E-state index contributed by atoms with van der Waals surface area (Å²) in [6, 6.07) is 14.7. The Morgan fingerprint density at radius 3 is 2.48 bits per heavy atom. The van der Waals surface area contributed by atoms with E-state index in [0.29, 0.717) is 18.7 Å². The number of nitrogens with one attached hydrogen (secondary N) is 1. The summed E-state index contributed by atoms with van der Waals surface area (Å²) < 4.78 is 27.4. The first-order valence-corrected chi connectivity index (χ1v) is 8.95. The molecule has 1 N–H and O–H groups in total. The van der Waals surface area contributed by atoms with Gasteiger partial charge in [0.2, 0.25) is 5.91 Å². The van der Waals surface area contributed by atoms with E-state index in [1.165, 1.54) is 4.31 Å². The van der Waals surface area contributed by atoms with Gasteiger partial charge in [-0.15, -0.1) is 0 Å². The maximum Gasteiger partial charge on any atom is 0.265 e. The van der Waals surface area contributed by atoms with Gasteiger partial charge in [-0.1, -0.05) is 36.4 Å². The van der Waals surface area contributed by atoms with Gasteiger partial charge in [-0.2, -0.15) is 0 Å². The van der Waals surface area contributed by atoms with E-state index in [4.69, 9.17) is 0 Å². The Kier molecular flexibility index (Phi) is 4.09. The van der Waals surface area contributed by atoms with Crippen molar-refractivity contribution in [2.45, 2.75) is 24.3 Å². The zero-order chi connectivity index (χ0) is 16.4. The number of carbonyl (C=O) groups excluding carboxylic acids is 1. The zero-order valence-electron chi connectivity index (χ0n) is 12.8. The van der Waals surface area contributed by atoms with E-state index in [9.17, 15) is 13.2 Å². The van der Waals surface area contributed by atoms with E-state index in [1.807, 2.05) is 19.1 Å². The fourth-order valence-corrected chi connectivity index (χ4v) is 4.52. The summed E-state index contributed by atoms with van der Waals surface area (Å²) in [7, 11) is -3.79. The molecule has 1 atom stereocenters. The summed E-state index contributed by atoms with van der Waals surface area (Å²) >= 11 is 0. The summed E-state index contributed by atoms with van der Waals surface area (Å²) in [6.45, 7) is 2.28. The molecule has 1 heterocycles. The third-order valence-electron chi connectivity index (χ3n) is 3.88. The fourth-order valence-electron chi connectivity index (χ4n) is 2.85. The number of para-hydroxylation sites is 1. The van der Waals surface area contributed by atoms with Crippen molar-refractivity contribution >= 4 is 21.6 Å². The topological polar surface area (TPSA) is 66.5 Å². The average molecular weight is 330 g/mol. The first kappa shape index (κ1) is 15.6. The van der Waals surface area contributed by atoms with Crippen LogP contribution < -0.4 is 9.62 Å². The number of rotatable bonds is 4. The number of likely N-dealkylation sites (N-methyl/N-ethyl adjacent to an activating group) is 1. The van der Waals surface area contributed by atoms with Gasteiger partial charge < -0.3 is 5.32 Å². The van der Waals surface area contributed by atoms with Gasteiger partial charge in [-0.25, -0.2) is 8.42 Å². The molecule has 1 aliphatic heterocycles. The van der Waals surface area contributed by atoms with Gasteiger partial charge in [0, 0.05) is 13.0 Å². The lowest BCUT2D eigenvalue weighted by atomic mass is 10.1. The van der Waals surface area contributed by atoms with Crippen LogP contribution in [0.15, 0.2) is 59.5 Å². The Bertz CT molecular complexity index is 819. The lowest BCUT2D eigenvalue weighted by Gasteiger charge is -2.26. The van der Waals surface area contributed by atoms with Gasteiger partial charge in [0.25, 0.3) is 10.0 Å². The lowest BCUT2D eigenvalue weighted by molar-refractivity contribution is -0.121. The van der Waals surface area contributed by atoms with Gasteiger partial charge in [-0.3, -0.25) is 9.10 Å². The van der Waals surface area contributed by atoms with E-state index >= 15 is 0 Å². The molecule has 0 saturated carbocycles. The highest BCUT2D eigenvalue weighted by Gasteiger charge is 2.41. The first-order valence-electron chi connectivity index (χ1n) is 7.51. The van der Waals surface area contributed by atoms with Crippen molar-refractivity contribution in [3.8, 4) is 0 Å². The maximum atomic E-state index is 13.1. The SMILES string of the molecule is CCNC(=O)C1Cc2ccccc2N1S(=O)(=O)c1ccccc1. The molecule has 1 aliphatic rings. The fraction of sp³-hybridized carbons (Fsp3) is 0.235. The standard InChI is InChI=1S/C17H18N2O3S/c1-2-18-17(20)16-12-13-8-6-7-11-15(13)19(16)23(21,22)14-9-4-3-5-10-14/h3-11,16H,2,12H2,1H3,(H,18,20). The summed E-state index contributed by atoms with van der Waals surface area (Å²) in [5, 5.41) is 2.73. The van der Waals surface area contributed by atoms with Gasteiger partial charge in [0.15, 0.2) is 0 Å². The number of fused-ring (bicyclic) bond motifs is 1. The van der Waals surface area contributed by atoms with Crippen LogP contribution in [-0.2, 0) is 21.2 Å². The Morgan fingerprint density at radius 1 is 1.13 bits per heavy atom. The molecule has 5 nitrogen and oxygen atoms in total. The minimum Gasteiger partial charge on any atom is -0.355 e. The lowest BCUT2D eigenvalue weighted by Crippen LogP contribution is -2.47. The minimum atomic E-state index is -3.79. The molecule has 2 aromatic rings. The van der Waals surface area contributed by atoms with Crippen LogP contribution in [0.4, 0.5) is 5.69 Å². The van der Waals surface area contributed by atoms with Crippen LogP contribution in [0.3, 0.4) is 0 Å². The maximum absolute atomic E-state index is 13.1. The van der Waals surface area contributed by atoms with E-state index in [1.54, 1.807) is 42.5 Å². The largest absolute Gasteiger partial charge is 0.355 e. The molecule has 0 fully saturated rings. The van der Waals surface area contributed by atoms with Gasteiger partial charge in [0.05, 0.1) is 10.6 Å². The molecule has 0 saturated heterocycles. The highest BCUT2D eigenvalue weighted by Crippen LogP contribution is 2.36. The molecule has 1 unspecified atom stereocenters. The Hall–Kier alpha value is -2.34. The average Bonchev–Trinajstić information content (AvgIpc) is 2.96. The Morgan fingerprint density at radius 2 is 1.78 bits per heavy atom. The molecule has 2 aromatic carbocycles. The third-order valence-corrected chi connectivity index (χ3v) is 5.72. The highest BCUT2D eigenvalue weighted by molar-refractivity contribution is 7.93. The zero-order valence-corrected chi connectivity index (χ0v) is 13.6. The number of sulfonamides is 1. The number of anilines is 1. The second-order valence-corrected chi connectivity index (χ2v) is 7.17. The van der Waals surface area contributed by atoms with Crippen molar-refractivity contribution in [3.05, 3.63) is 60.2 Å². The molecule has 1 amide bonds. The number of benzene rings is 2. The van der Waals surface area contributed by atoms with Crippen molar-refractivity contribution in [1.82, 2.24) is 5.32 Å². The third kappa shape index (κ3) is 2.70. The minimum absolute atomic E-state index is 0.186. The molecule has 120 valence electrons. The molecule has 0 radical (unpaired) electrons. The van der Waals surface area contributed by atoms with Crippen LogP contribution in [0, 0.1) is 0 Å². The van der Waals surface area contributed by atoms with Crippen LogP contribution in [0.5, 0.6) is 0 Å². The quantitative estimate of drug-likeness (QED) is 0.932. The number of hydrogen-bond acceptors (Lipinski definition) is 3. The summed E-state index contributed by atoms with van der Waals surface area (Å²) in [4.78, 5) is 12.6. The predicted octanol–water partition coefficient (Wildman–Crippen LogP) is 1.94. The van der Waals surface area contributed by atoms with Gasteiger partial charge in [0.1, 0.15) is 6.04 Å². The normalized spacial score (nSPS) is 16.9. The van der Waals surface area contributed by atoms with E-state index in [-0.39, 0.29) is 10.8 Å². The number of carbonyl (C=O) groups is 1. The molecule has 0 aromatic heterocycles. The van der Waals surface area contributed by atoms with E-state index < -0.39 is 16.1 Å². The second kappa shape index (κ2) is 6.04. The van der Waals surface area contributed by atoms with Crippen molar-refractivity contribution in [1.29, 1.82) is 0 Å². The second-order valence-electron chi connectivity index (χ2n) is 5.36. The summed E-state index contributed by atoms with van der Waals surface area (Å²) in [5.41, 5.74) is 1.44. The van der Waals surface area contributed by atoms with Gasteiger partial charge in [-0.05, 0) is 30.7 Å². The smallest absolute Gasteiger partial charge is 0.265 e. The summed E-state index contributed by atoms with van der Waals surface area (Å²) in [5.74, 6) is -0.275. The van der Waals surface area contributed by atoms with Crippen LogP contribution in [0.1, 0.15) is 12.5 Å². The molecule has 0 spiro atoms. The molecule has 23 heavy (non-hydrogen) atoms. The summed E-state index contributed by atoms with van der Waals surface area (Å²) in [6.07, 6.45) is 0.383. The molecule has 0 bridgehead atoms. The molecule has 6 heteroatoms. The highest BCUT2D eigenvalue weighted by atomic mass is 32.2. The number of amides is 1. The molecular weight excluding hydrogens is 312 g/mol. The molecular formula is C17H18N2O3S. The van der Waals surface area contributed by atoms with Gasteiger partial charge >= 0.3 is 0 Å².